The molecule has 0 unspecified atom stereocenters. The normalized spacial score (nSPS) is 10.8. The van der Waals surface area contributed by atoms with Gasteiger partial charge in [-0.05, 0) is 48.5 Å². The topological polar surface area (TPSA) is 56.3 Å². The summed E-state index contributed by atoms with van der Waals surface area (Å²) < 4.78 is 18.3. The van der Waals surface area contributed by atoms with E-state index >= 15 is 0 Å². The molecular weight excluding hydrogens is 440 g/mol. The maximum absolute atomic E-state index is 13.0. The fraction of sp³-hybridized carbons (Fsp3) is 0.0417. The lowest BCUT2D eigenvalue weighted by Crippen LogP contribution is -2.15. The van der Waals surface area contributed by atoms with Crippen molar-refractivity contribution < 1.29 is 18.7 Å². The van der Waals surface area contributed by atoms with Crippen LogP contribution in [0.25, 0.3) is 22.2 Å². The molecule has 0 saturated carbocycles. The Morgan fingerprint density at radius 2 is 1.65 bits per heavy atom. The van der Waals surface area contributed by atoms with Gasteiger partial charge >= 0.3 is 5.97 Å². The van der Waals surface area contributed by atoms with Crippen LogP contribution < -0.4 is 0 Å². The molecular formula is C24H14Cl2FNO3. The Morgan fingerprint density at radius 3 is 2.35 bits per heavy atom. The maximum atomic E-state index is 13.0. The first-order valence-electron chi connectivity index (χ1n) is 9.23. The number of hydrogen-bond acceptors (Lipinski definition) is 4. The van der Waals surface area contributed by atoms with Gasteiger partial charge in [0, 0.05) is 21.5 Å². The van der Waals surface area contributed by atoms with Crippen LogP contribution in [0.1, 0.15) is 20.7 Å². The number of rotatable bonds is 5. The van der Waals surface area contributed by atoms with Gasteiger partial charge in [0.15, 0.2) is 12.4 Å². The van der Waals surface area contributed by atoms with Gasteiger partial charge in [-0.1, -0.05) is 47.5 Å². The van der Waals surface area contributed by atoms with Crippen molar-refractivity contribution in [1.82, 2.24) is 4.98 Å². The van der Waals surface area contributed by atoms with Crippen LogP contribution in [0, 0.1) is 5.82 Å². The van der Waals surface area contributed by atoms with Crippen LogP contribution in [-0.2, 0) is 4.74 Å². The van der Waals surface area contributed by atoms with Gasteiger partial charge in [0.1, 0.15) is 5.82 Å². The van der Waals surface area contributed by atoms with Gasteiger partial charge in [-0.3, -0.25) is 4.79 Å². The number of ether oxygens (including phenoxy) is 1. The molecule has 0 amide bonds. The van der Waals surface area contributed by atoms with E-state index in [-0.39, 0.29) is 11.1 Å². The van der Waals surface area contributed by atoms with E-state index in [1.807, 2.05) is 0 Å². The van der Waals surface area contributed by atoms with Crippen LogP contribution in [0.5, 0.6) is 0 Å². The lowest BCUT2D eigenvalue weighted by Gasteiger charge is -2.11. The Morgan fingerprint density at radius 1 is 0.935 bits per heavy atom. The predicted octanol–water partition coefficient (Wildman–Crippen LogP) is 6.39. The number of benzene rings is 3. The predicted molar refractivity (Wildman–Crippen MR) is 118 cm³/mol. The van der Waals surface area contributed by atoms with E-state index < -0.39 is 24.2 Å². The highest BCUT2D eigenvalue weighted by atomic mass is 35.5. The third-order valence-corrected chi connectivity index (χ3v) is 5.21. The molecule has 0 saturated heterocycles. The SMILES string of the molecule is O=C(COC(=O)c1cc(-c2ccc(Cl)cc2)nc2c(Cl)cccc12)c1ccc(F)cc1. The zero-order valence-corrected chi connectivity index (χ0v) is 17.5. The molecule has 0 N–H and O–H groups in total. The highest BCUT2D eigenvalue weighted by Crippen LogP contribution is 2.30. The Balaban J connectivity index is 1.67. The Hall–Kier alpha value is -3.28. The third-order valence-electron chi connectivity index (χ3n) is 4.65. The van der Waals surface area contributed by atoms with Gasteiger partial charge < -0.3 is 4.74 Å². The highest BCUT2D eigenvalue weighted by Gasteiger charge is 2.18. The Kier molecular flexibility index (Phi) is 5.98. The number of halogens is 3. The van der Waals surface area contributed by atoms with Gasteiger partial charge in [0.25, 0.3) is 0 Å². The number of nitrogens with zero attached hydrogens (tertiary/aromatic N) is 1. The average Bonchev–Trinajstić information content (AvgIpc) is 2.78. The quantitative estimate of drug-likeness (QED) is 0.259. The number of ketones is 1. The van der Waals surface area contributed by atoms with Crippen molar-refractivity contribution in [3.63, 3.8) is 0 Å². The molecule has 0 aliphatic carbocycles. The smallest absolute Gasteiger partial charge is 0.339 e. The van der Waals surface area contributed by atoms with Crippen LogP contribution >= 0.6 is 23.2 Å². The molecule has 1 heterocycles. The molecule has 4 nitrogen and oxygen atoms in total. The first-order chi connectivity index (χ1) is 14.9. The van der Waals surface area contributed by atoms with Crippen LogP contribution in [0.4, 0.5) is 4.39 Å². The summed E-state index contributed by atoms with van der Waals surface area (Å²) in [7, 11) is 0. The number of fused-ring (bicyclic) bond motifs is 1. The second kappa shape index (κ2) is 8.84. The second-order valence-electron chi connectivity index (χ2n) is 6.70. The summed E-state index contributed by atoms with van der Waals surface area (Å²) in [5.74, 6) is -1.59. The lowest BCUT2D eigenvalue weighted by atomic mass is 10.0. The summed E-state index contributed by atoms with van der Waals surface area (Å²) in [6, 6.07) is 18.7. The largest absolute Gasteiger partial charge is 0.454 e. The maximum Gasteiger partial charge on any atom is 0.339 e. The number of hydrogen-bond donors (Lipinski definition) is 0. The van der Waals surface area contributed by atoms with Gasteiger partial charge in [0.05, 0.1) is 21.8 Å². The van der Waals surface area contributed by atoms with Crippen molar-refractivity contribution in [2.75, 3.05) is 6.61 Å². The van der Waals surface area contributed by atoms with Gasteiger partial charge in [-0.2, -0.15) is 0 Å². The van der Waals surface area contributed by atoms with E-state index in [4.69, 9.17) is 27.9 Å². The Bertz CT molecular complexity index is 1290. The van der Waals surface area contributed by atoms with Crippen LogP contribution in [0.3, 0.4) is 0 Å². The molecule has 7 heteroatoms. The highest BCUT2D eigenvalue weighted by molar-refractivity contribution is 6.35. The van der Waals surface area contributed by atoms with E-state index in [1.54, 1.807) is 48.5 Å². The summed E-state index contributed by atoms with van der Waals surface area (Å²) in [5, 5.41) is 1.45. The van der Waals surface area contributed by atoms with E-state index in [1.165, 1.54) is 24.3 Å². The molecule has 4 rings (SSSR count). The molecule has 0 aliphatic heterocycles. The molecule has 0 radical (unpaired) electrons. The number of para-hydroxylation sites is 1. The van der Waals surface area contributed by atoms with Crippen molar-refractivity contribution in [3.8, 4) is 11.3 Å². The lowest BCUT2D eigenvalue weighted by molar-refractivity contribution is 0.0476. The van der Waals surface area contributed by atoms with Crippen LogP contribution in [-0.4, -0.2) is 23.3 Å². The molecule has 3 aromatic carbocycles. The van der Waals surface area contributed by atoms with E-state index in [0.29, 0.717) is 26.6 Å². The number of carbonyl (C=O) groups excluding carboxylic acids is 2. The molecule has 0 fully saturated rings. The van der Waals surface area contributed by atoms with Crippen molar-refractivity contribution in [1.29, 1.82) is 0 Å². The molecule has 31 heavy (non-hydrogen) atoms. The Labute approximate surface area is 187 Å². The minimum Gasteiger partial charge on any atom is -0.454 e. The number of aromatic nitrogens is 1. The molecule has 0 bridgehead atoms. The molecule has 0 spiro atoms. The standard InChI is InChI=1S/C24H14Cl2FNO3/c25-16-8-4-14(5-9-16)21-12-19(18-2-1-3-20(26)23(18)28-21)24(30)31-13-22(29)15-6-10-17(27)11-7-15/h1-12H,13H2. The fourth-order valence-electron chi connectivity index (χ4n) is 3.08. The number of carbonyl (C=O) groups is 2. The molecule has 1 aromatic heterocycles. The molecule has 154 valence electrons. The monoisotopic (exact) mass is 453 g/mol. The third kappa shape index (κ3) is 4.58. The van der Waals surface area contributed by atoms with E-state index in [0.717, 1.165) is 5.56 Å². The van der Waals surface area contributed by atoms with Crippen molar-refractivity contribution in [3.05, 3.63) is 99.8 Å². The number of pyridine rings is 1. The number of Topliss-reactive ketones (excluding diaryl/α,β-unsaturated/α-hetero) is 1. The summed E-state index contributed by atoms with van der Waals surface area (Å²) in [6.45, 7) is -0.481. The second-order valence-corrected chi connectivity index (χ2v) is 7.55. The van der Waals surface area contributed by atoms with Crippen LogP contribution in [0.2, 0.25) is 10.0 Å². The van der Waals surface area contributed by atoms with E-state index in [9.17, 15) is 14.0 Å². The molecule has 4 aromatic rings. The van der Waals surface area contributed by atoms with Crippen molar-refractivity contribution >= 4 is 45.9 Å². The number of esters is 1. The minimum atomic E-state index is -0.694. The summed E-state index contributed by atoms with van der Waals surface area (Å²) >= 11 is 12.3. The molecule has 0 aliphatic rings. The zero-order valence-electron chi connectivity index (χ0n) is 15.9. The summed E-state index contributed by atoms with van der Waals surface area (Å²) in [5.41, 5.74) is 2.16. The minimum absolute atomic E-state index is 0.226. The van der Waals surface area contributed by atoms with Crippen molar-refractivity contribution in [2.45, 2.75) is 0 Å². The van der Waals surface area contributed by atoms with Crippen molar-refractivity contribution in [2.24, 2.45) is 0 Å². The van der Waals surface area contributed by atoms with Crippen LogP contribution in [0.15, 0.2) is 72.8 Å². The van der Waals surface area contributed by atoms with E-state index in [2.05, 4.69) is 4.98 Å². The zero-order chi connectivity index (χ0) is 22.0. The summed E-state index contributed by atoms with van der Waals surface area (Å²) in [4.78, 5) is 29.7. The fourth-order valence-corrected chi connectivity index (χ4v) is 3.42. The average molecular weight is 454 g/mol. The van der Waals surface area contributed by atoms with Gasteiger partial charge in [-0.25, -0.2) is 14.2 Å². The molecule has 0 atom stereocenters. The first-order valence-corrected chi connectivity index (χ1v) is 9.99. The van der Waals surface area contributed by atoms with Gasteiger partial charge in [-0.15, -0.1) is 0 Å². The summed E-state index contributed by atoms with van der Waals surface area (Å²) in [6.07, 6.45) is 0. The first kappa shape index (κ1) is 21.0. The van der Waals surface area contributed by atoms with Gasteiger partial charge in [0.2, 0.25) is 0 Å².